The number of aromatic nitrogens is 1. The summed E-state index contributed by atoms with van der Waals surface area (Å²) in [5.41, 5.74) is 2.31. The third-order valence-electron chi connectivity index (χ3n) is 3.39. The van der Waals surface area contributed by atoms with Gasteiger partial charge < -0.3 is 0 Å². The molecule has 1 saturated carbocycles. The number of pyridine rings is 1. The minimum Gasteiger partial charge on any atom is -0.300 e. The number of ketones is 1. The van der Waals surface area contributed by atoms with E-state index in [9.17, 15) is 4.79 Å². The normalized spacial score (nSPS) is 23.3. The van der Waals surface area contributed by atoms with Crippen LogP contribution in [0.25, 0.3) is 10.9 Å². The van der Waals surface area contributed by atoms with E-state index in [4.69, 9.17) is 0 Å². The van der Waals surface area contributed by atoms with Gasteiger partial charge in [-0.05, 0) is 37.0 Å². The van der Waals surface area contributed by atoms with Crippen molar-refractivity contribution in [2.45, 2.75) is 19.3 Å². The number of Topliss-reactive ketones (excluding diaryl/α,β-unsaturated/α-hetero) is 1. The first-order valence-electron chi connectivity index (χ1n) is 5.61. The van der Waals surface area contributed by atoms with Crippen LogP contribution in [0.5, 0.6) is 0 Å². The number of para-hydroxylation sites is 1. The number of carbonyl (C=O) groups excluding carboxylic acids is 1. The maximum absolute atomic E-state index is 11.3. The van der Waals surface area contributed by atoms with Gasteiger partial charge in [-0.15, -0.1) is 0 Å². The van der Waals surface area contributed by atoms with Gasteiger partial charge in [-0.1, -0.05) is 18.2 Å². The highest BCUT2D eigenvalue weighted by molar-refractivity contribution is 5.87. The molecule has 2 heteroatoms. The summed E-state index contributed by atoms with van der Waals surface area (Å²) in [5, 5.41) is 1.19. The highest BCUT2D eigenvalue weighted by atomic mass is 16.1. The lowest BCUT2D eigenvalue weighted by molar-refractivity contribution is -0.118. The van der Waals surface area contributed by atoms with Gasteiger partial charge in [0.1, 0.15) is 5.78 Å². The van der Waals surface area contributed by atoms with Crippen molar-refractivity contribution in [3.63, 3.8) is 0 Å². The molecule has 1 aromatic heterocycles. The van der Waals surface area contributed by atoms with Gasteiger partial charge >= 0.3 is 0 Å². The number of hydrogen-bond donors (Lipinski definition) is 0. The highest BCUT2D eigenvalue weighted by Gasteiger charge is 2.42. The Bertz CT molecular complexity index is 556. The molecule has 0 spiro atoms. The zero-order valence-corrected chi connectivity index (χ0v) is 9.18. The summed E-state index contributed by atoms with van der Waals surface area (Å²) in [4.78, 5) is 15.6. The average molecular weight is 211 g/mol. The number of nitrogens with zero attached hydrogens (tertiary/aromatic N) is 1. The van der Waals surface area contributed by atoms with Crippen LogP contribution in [-0.4, -0.2) is 10.8 Å². The van der Waals surface area contributed by atoms with Gasteiger partial charge in [0.2, 0.25) is 0 Å². The molecule has 2 atom stereocenters. The molecule has 1 aliphatic rings. The Labute approximate surface area is 94.3 Å². The van der Waals surface area contributed by atoms with Gasteiger partial charge in [-0.25, -0.2) is 0 Å². The molecule has 2 unspecified atom stereocenters. The van der Waals surface area contributed by atoms with Gasteiger partial charge in [0, 0.05) is 17.5 Å². The molecule has 80 valence electrons. The van der Waals surface area contributed by atoms with Gasteiger partial charge in [-0.3, -0.25) is 9.78 Å². The predicted octanol–water partition coefficient (Wildman–Crippen LogP) is 2.93. The molecule has 0 aliphatic heterocycles. The van der Waals surface area contributed by atoms with Gasteiger partial charge in [0.15, 0.2) is 0 Å². The fourth-order valence-electron chi connectivity index (χ4n) is 2.43. The van der Waals surface area contributed by atoms with Crippen molar-refractivity contribution in [3.05, 3.63) is 42.1 Å². The fraction of sp³-hybridized carbons (Fsp3) is 0.286. The Kier molecular flexibility index (Phi) is 2.03. The number of hydrogen-bond acceptors (Lipinski definition) is 2. The third kappa shape index (κ3) is 1.42. The maximum atomic E-state index is 11.3. The van der Waals surface area contributed by atoms with Crippen LogP contribution in [0.1, 0.15) is 24.8 Å². The SMILES string of the molecule is CC(=O)C1CC1c1ccnc2ccccc12. The molecule has 16 heavy (non-hydrogen) atoms. The van der Waals surface area contributed by atoms with Crippen molar-refractivity contribution in [2.24, 2.45) is 5.92 Å². The minimum atomic E-state index is 0.241. The molecule has 0 radical (unpaired) electrons. The third-order valence-corrected chi connectivity index (χ3v) is 3.39. The second kappa shape index (κ2) is 3.41. The first-order valence-corrected chi connectivity index (χ1v) is 5.61. The lowest BCUT2D eigenvalue weighted by Crippen LogP contribution is -1.95. The minimum absolute atomic E-state index is 0.241. The van der Waals surface area contributed by atoms with Crippen molar-refractivity contribution >= 4 is 16.7 Å². The predicted molar refractivity (Wildman–Crippen MR) is 63.3 cm³/mol. The van der Waals surface area contributed by atoms with E-state index < -0.39 is 0 Å². The molecule has 3 rings (SSSR count). The van der Waals surface area contributed by atoms with E-state index in [2.05, 4.69) is 17.1 Å². The van der Waals surface area contributed by atoms with Crippen molar-refractivity contribution in [2.75, 3.05) is 0 Å². The van der Waals surface area contributed by atoms with E-state index in [1.165, 1.54) is 10.9 Å². The molecule has 1 fully saturated rings. The van der Waals surface area contributed by atoms with Crippen molar-refractivity contribution in [3.8, 4) is 0 Å². The summed E-state index contributed by atoms with van der Waals surface area (Å²) in [6.45, 7) is 1.69. The fourth-order valence-corrected chi connectivity index (χ4v) is 2.43. The summed E-state index contributed by atoms with van der Waals surface area (Å²) in [5.74, 6) is 0.974. The maximum Gasteiger partial charge on any atom is 0.133 e. The number of benzene rings is 1. The average Bonchev–Trinajstić information content (AvgIpc) is 3.08. The van der Waals surface area contributed by atoms with Gasteiger partial charge in [0.25, 0.3) is 0 Å². The number of rotatable bonds is 2. The van der Waals surface area contributed by atoms with E-state index in [-0.39, 0.29) is 5.92 Å². The number of fused-ring (bicyclic) bond motifs is 1. The van der Waals surface area contributed by atoms with Crippen molar-refractivity contribution in [1.29, 1.82) is 0 Å². The topological polar surface area (TPSA) is 30.0 Å². The number of carbonyl (C=O) groups is 1. The van der Waals surface area contributed by atoms with E-state index in [0.29, 0.717) is 11.7 Å². The molecule has 2 nitrogen and oxygen atoms in total. The van der Waals surface area contributed by atoms with Crippen molar-refractivity contribution < 1.29 is 4.79 Å². The quantitative estimate of drug-likeness (QED) is 0.764. The van der Waals surface area contributed by atoms with Gasteiger partial charge in [0.05, 0.1) is 5.52 Å². The highest BCUT2D eigenvalue weighted by Crippen LogP contribution is 2.49. The second-order valence-corrected chi connectivity index (χ2v) is 4.48. The Balaban J connectivity index is 2.08. The van der Waals surface area contributed by atoms with Crippen LogP contribution in [-0.2, 0) is 4.79 Å². The molecule has 0 amide bonds. The largest absolute Gasteiger partial charge is 0.300 e. The van der Waals surface area contributed by atoms with Crippen LogP contribution in [0.4, 0.5) is 0 Å². The van der Waals surface area contributed by atoms with Gasteiger partial charge in [-0.2, -0.15) is 0 Å². The molecular weight excluding hydrogens is 198 g/mol. The molecule has 1 aromatic carbocycles. The molecule has 1 aliphatic carbocycles. The monoisotopic (exact) mass is 211 g/mol. The zero-order valence-electron chi connectivity index (χ0n) is 9.18. The standard InChI is InChI=1S/C14H13NO/c1-9(16)12-8-13(12)10-6-7-15-14-5-3-2-4-11(10)14/h2-7,12-13H,8H2,1H3. The summed E-state index contributed by atoms with van der Waals surface area (Å²) < 4.78 is 0. The van der Waals surface area contributed by atoms with Crippen LogP contribution in [0.15, 0.2) is 36.5 Å². The molecular formula is C14H13NO. The van der Waals surface area contributed by atoms with Crippen LogP contribution in [0.3, 0.4) is 0 Å². The van der Waals surface area contributed by atoms with E-state index in [0.717, 1.165) is 11.9 Å². The Morgan fingerprint density at radius 3 is 2.88 bits per heavy atom. The smallest absolute Gasteiger partial charge is 0.133 e. The second-order valence-electron chi connectivity index (χ2n) is 4.48. The lowest BCUT2D eigenvalue weighted by Gasteiger charge is -2.04. The van der Waals surface area contributed by atoms with Crippen LogP contribution in [0.2, 0.25) is 0 Å². The Morgan fingerprint density at radius 1 is 1.31 bits per heavy atom. The molecule has 1 heterocycles. The van der Waals surface area contributed by atoms with E-state index >= 15 is 0 Å². The van der Waals surface area contributed by atoms with E-state index in [1.807, 2.05) is 24.4 Å². The lowest BCUT2D eigenvalue weighted by atomic mass is 10.0. The first-order chi connectivity index (χ1) is 7.77. The Hall–Kier alpha value is -1.70. The van der Waals surface area contributed by atoms with Crippen LogP contribution < -0.4 is 0 Å². The molecule has 2 aromatic rings. The first kappa shape index (κ1) is 9.52. The summed E-state index contributed by atoms with van der Waals surface area (Å²) in [7, 11) is 0. The molecule has 0 N–H and O–H groups in total. The molecule has 0 bridgehead atoms. The van der Waals surface area contributed by atoms with Crippen molar-refractivity contribution in [1.82, 2.24) is 4.98 Å². The van der Waals surface area contributed by atoms with E-state index in [1.54, 1.807) is 6.92 Å². The zero-order chi connectivity index (χ0) is 11.1. The summed E-state index contributed by atoms with van der Waals surface area (Å²) in [6, 6.07) is 10.2. The molecule has 0 saturated heterocycles. The summed E-state index contributed by atoms with van der Waals surface area (Å²) >= 11 is 0. The van der Waals surface area contributed by atoms with Crippen LogP contribution in [0, 0.1) is 5.92 Å². The Morgan fingerprint density at radius 2 is 2.12 bits per heavy atom. The van der Waals surface area contributed by atoms with Crippen LogP contribution >= 0.6 is 0 Å². The summed E-state index contributed by atoms with van der Waals surface area (Å²) in [6.07, 6.45) is 2.84.